The Morgan fingerprint density at radius 3 is 1.92 bits per heavy atom. The smallest absolute Gasteiger partial charge is 0.385 e. The molecule has 3 aromatic carbocycles. The summed E-state index contributed by atoms with van der Waals surface area (Å²) < 4.78 is 130. The molecule has 0 amide bonds. The molecule has 0 aromatic heterocycles. The highest BCUT2D eigenvalue weighted by Gasteiger charge is 2.79. The van der Waals surface area contributed by atoms with Gasteiger partial charge in [-0.05, 0) is 104 Å². The van der Waals surface area contributed by atoms with Crippen molar-refractivity contribution >= 4 is 19.8 Å². The highest BCUT2D eigenvalue weighted by molar-refractivity contribution is 8.03. The molecule has 60 heavy (non-hydrogen) atoms. The van der Waals surface area contributed by atoms with Crippen LogP contribution in [0.25, 0.3) is 11.1 Å². The molecule has 3 saturated carbocycles. The zero-order valence-corrected chi connectivity index (χ0v) is 36.0. The van der Waals surface area contributed by atoms with Crippen LogP contribution in [-0.2, 0) is 29.2 Å². The van der Waals surface area contributed by atoms with Gasteiger partial charge in [0.25, 0.3) is 10.0 Å². The van der Waals surface area contributed by atoms with E-state index in [0.717, 1.165) is 16.7 Å². The van der Waals surface area contributed by atoms with E-state index in [1.807, 2.05) is 20.8 Å². The van der Waals surface area contributed by atoms with Crippen LogP contribution in [0, 0.1) is 29.6 Å². The molecule has 1 saturated heterocycles. The van der Waals surface area contributed by atoms with E-state index >= 15 is 8.78 Å². The highest BCUT2D eigenvalue weighted by Crippen LogP contribution is 2.71. The molecule has 1 spiro atoms. The Hall–Kier alpha value is -3.21. The number of nitrogens with zero attached hydrogens (tertiary/aromatic N) is 1. The third-order valence-electron chi connectivity index (χ3n) is 14.4. The minimum Gasteiger partial charge on any atom is -0.385 e. The van der Waals surface area contributed by atoms with Crippen molar-refractivity contribution in [2.75, 3.05) is 19.5 Å². The summed E-state index contributed by atoms with van der Waals surface area (Å²) in [6.07, 6.45) is -3.99. The Balaban J connectivity index is 1.15. The van der Waals surface area contributed by atoms with Gasteiger partial charge in [0.05, 0.1) is 33.4 Å². The Morgan fingerprint density at radius 2 is 1.33 bits per heavy atom. The zero-order valence-electron chi connectivity index (χ0n) is 34.3. The van der Waals surface area contributed by atoms with Gasteiger partial charge in [-0.15, -0.1) is 3.77 Å². The number of alkyl halides is 5. The first-order chi connectivity index (χ1) is 27.8. The molecule has 3 aromatic rings. The molecule has 15 heteroatoms. The largest absolute Gasteiger partial charge is 0.456 e. The number of hydrogen-bond acceptors (Lipinski definition) is 7. The molecule has 2 unspecified atom stereocenters. The van der Waals surface area contributed by atoms with Crippen LogP contribution in [0.1, 0.15) is 89.2 Å². The average molecular weight is 878 g/mol. The number of ether oxygens (including phenoxy) is 2. The maximum atomic E-state index is 15.6. The van der Waals surface area contributed by atoms with Crippen molar-refractivity contribution in [3.05, 3.63) is 95.1 Å². The number of sulfonamides is 1. The third kappa shape index (κ3) is 6.97. The molecule has 4 fully saturated rings. The SMILES string of the molecule is Cc1ccc(S(=O)(=O)N=[S@](C)(=O)c2ccc(-c3ccc([C@H]4C[C@@]5(C)C(CC[C@@]5(O)C(F)(F)C(F)(F)F)C5CC[C@@]6(O)CC7(CCC6=C54)OCC(C)(C)CO7)cc3)cc2)cc1. The van der Waals surface area contributed by atoms with Crippen LogP contribution in [0.4, 0.5) is 22.0 Å². The maximum Gasteiger partial charge on any atom is 0.456 e. The molecule has 1 aliphatic heterocycles. The van der Waals surface area contributed by atoms with Crippen molar-refractivity contribution < 1.29 is 54.3 Å². The van der Waals surface area contributed by atoms with Crippen molar-refractivity contribution in [1.29, 1.82) is 0 Å². The van der Waals surface area contributed by atoms with Gasteiger partial charge in [0.1, 0.15) is 5.60 Å². The summed E-state index contributed by atoms with van der Waals surface area (Å²) in [5, 5.41) is 24.2. The Bertz CT molecular complexity index is 2430. The predicted octanol–water partition coefficient (Wildman–Crippen LogP) is 9.73. The monoisotopic (exact) mass is 877 g/mol. The summed E-state index contributed by atoms with van der Waals surface area (Å²) in [5.41, 5.74) is -2.17. The van der Waals surface area contributed by atoms with Crippen molar-refractivity contribution in [1.82, 2.24) is 0 Å². The summed E-state index contributed by atoms with van der Waals surface area (Å²) in [5.74, 6) is -8.16. The van der Waals surface area contributed by atoms with Gasteiger partial charge < -0.3 is 19.7 Å². The number of allylic oxidation sites excluding steroid dienone is 1. The Labute approximate surface area is 348 Å². The zero-order chi connectivity index (χ0) is 43.5. The second kappa shape index (κ2) is 14.2. The van der Waals surface area contributed by atoms with Gasteiger partial charge >= 0.3 is 12.1 Å². The molecule has 0 radical (unpaired) electrons. The number of rotatable bonds is 6. The van der Waals surface area contributed by atoms with E-state index in [-0.39, 0.29) is 40.9 Å². The molecule has 7 atom stereocenters. The van der Waals surface area contributed by atoms with Crippen LogP contribution in [0.5, 0.6) is 0 Å². The molecule has 326 valence electrons. The van der Waals surface area contributed by atoms with Crippen LogP contribution in [0.15, 0.2) is 97.5 Å². The summed E-state index contributed by atoms with van der Waals surface area (Å²) in [6, 6.07) is 19.7. The predicted molar refractivity (Wildman–Crippen MR) is 216 cm³/mol. The van der Waals surface area contributed by atoms with Gasteiger partial charge in [-0.3, -0.25) is 0 Å². The number of halogens is 5. The third-order valence-corrected chi connectivity index (χ3v) is 18.3. The number of fused-ring (bicyclic) bond motifs is 4. The lowest BCUT2D eigenvalue weighted by atomic mass is 9.49. The first kappa shape index (κ1) is 43.4. The Kier molecular flexibility index (Phi) is 10.2. The summed E-state index contributed by atoms with van der Waals surface area (Å²) in [6.45, 7) is 8.17. The second-order valence-corrected chi connectivity index (χ2v) is 23.1. The summed E-state index contributed by atoms with van der Waals surface area (Å²) in [7, 11) is -7.60. The van der Waals surface area contributed by atoms with Gasteiger partial charge in [-0.1, -0.05) is 80.4 Å². The first-order valence-corrected chi connectivity index (χ1v) is 23.8. The van der Waals surface area contributed by atoms with Crippen LogP contribution < -0.4 is 0 Å². The van der Waals surface area contributed by atoms with Gasteiger partial charge in [0.2, 0.25) is 0 Å². The normalized spacial score (nSPS) is 32.4. The van der Waals surface area contributed by atoms with E-state index in [1.165, 1.54) is 25.3 Å². The molecule has 8 rings (SSSR count). The molecule has 4 aliphatic carbocycles. The molecule has 0 bridgehead atoms. The fourth-order valence-electron chi connectivity index (χ4n) is 11.1. The van der Waals surface area contributed by atoms with E-state index in [2.05, 4.69) is 3.77 Å². The van der Waals surface area contributed by atoms with Crippen LogP contribution in [0.3, 0.4) is 0 Å². The average Bonchev–Trinajstić information content (AvgIpc) is 3.46. The topological polar surface area (TPSA) is 122 Å². The Morgan fingerprint density at radius 1 is 0.767 bits per heavy atom. The van der Waals surface area contributed by atoms with Crippen molar-refractivity contribution in [3.63, 3.8) is 0 Å². The van der Waals surface area contributed by atoms with Crippen LogP contribution >= 0.6 is 0 Å². The fraction of sp³-hybridized carbons (Fsp3) is 0.556. The second-order valence-electron chi connectivity index (χ2n) is 19.0. The highest BCUT2D eigenvalue weighted by atomic mass is 32.3. The van der Waals surface area contributed by atoms with E-state index in [9.17, 15) is 36.0 Å². The summed E-state index contributed by atoms with van der Waals surface area (Å²) in [4.78, 5) is 0.132. The van der Waals surface area contributed by atoms with Gasteiger partial charge in [-0.25, -0.2) is 4.21 Å². The van der Waals surface area contributed by atoms with E-state index in [1.54, 1.807) is 60.7 Å². The first-order valence-electron chi connectivity index (χ1n) is 20.4. The molecule has 8 nitrogen and oxygen atoms in total. The molecule has 2 N–H and O–H groups in total. The number of hydrogen-bond donors (Lipinski definition) is 2. The standard InChI is InChI=1S/C45H52F5NO7S2/c1-28-6-14-33(15-7-28)60(55,56)51-59(5,54)32-16-12-30(13-17-32)29-8-10-31(11-9-29)35-24-40(4)36(20-23-43(40,53)44(46,47)45(48,49)50)34-18-21-41(52)25-42(22-19-37(41)38(34)35)57-26-39(2,3)27-58-42/h6-17,34-36,52-53H,18-27H2,1-5H3/t34?,35-,36?,40+,41-,43+,59-/m1/s1. The number of benzene rings is 3. The molecule has 5 aliphatic rings. The van der Waals surface area contributed by atoms with Crippen molar-refractivity contribution in [2.45, 2.75) is 124 Å². The number of aryl methyl sites for hydroxylation is 1. The molecular weight excluding hydrogens is 826 g/mol. The van der Waals surface area contributed by atoms with Crippen LogP contribution in [-0.4, -0.2) is 71.4 Å². The molecular formula is C45H52F5NO7S2. The maximum absolute atomic E-state index is 15.6. The molecule has 1 heterocycles. The van der Waals surface area contributed by atoms with Gasteiger partial charge in [-0.2, -0.15) is 30.4 Å². The van der Waals surface area contributed by atoms with Crippen LogP contribution in [0.2, 0.25) is 0 Å². The lowest BCUT2D eigenvalue weighted by Crippen LogP contribution is -2.65. The van der Waals surface area contributed by atoms with Crippen molar-refractivity contribution in [2.24, 2.45) is 26.4 Å². The van der Waals surface area contributed by atoms with Gasteiger partial charge in [0, 0.05) is 40.7 Å². The summed E-state index contributed by atoms with van der Waals surface area (Å²) >= 11 is 0. The van der Waals surface area contributed by atoms with Crippen molar-refractivity contribution in [3.8, 4) is 11.1 Å². The van der Waals surface area contributed by atoms with E-state index in [0.29, 0.717) is 49.2 Å². The minimum atomic E-state index is -5.96. The minimum absolute atomic E-state index is 0.0132. The number of aliphatic hydroxyl groups is 2. The van der Waals surface area contributed by atoms with Gasteiger partial charge in [0.15, 0.2) is 5.79 Å². The quantitative estimate of drug-likeness (QED) is 0.187. The lowest BCUT2D eigenvalue weighted by molar-refractivity contribution is -0.362. The fourth-order valence-corrected chi connectivity index (χ4v) is 14.4. The van der Waals surface area contributed by atoms with E-state index < -0.39 is 78.4 Å². The lowest BCUT2D eigenvalue weighted by Gasteiger charge is -2.59. The van der Waals surface area contributed by atoms with E-state index in [4.69, 9.17) is 9.47 Å².